The summed E-state index contributed by atoms with van der Waals surface area (Å²) in [6.45, 7) is 5.42. The van der Waals surface area contributed by atoms with Crippen LogP contribution in [0.15, 0.2) is 36.7 Å². The highest BCUT2D eigenvalue weighted by molar-refractivity contribution is 5.86. The van der Waals surface area contributed by atoms with Gasteiger partial charge in [-0.2, -0.15) is 0 Å². The van der Waals surface area contributed by atoms with Gasteiger partial charge in [0.05, 0.1) is 12.0 Å². The Morgan fingerprint density at radius 2 is 2.00 bits per heavy atom. The molecule has 2 N–H and O–H groups in total. The van der Waals surface area contributed by atoms with Crippen LogP contribution in [-0.2, 0) is 24.3 Å². The molecular weight excluding hydrogens is 362 g/mol. The highest BCUT2D eigenvalue weighted by Gasteiger charge is 2.67. The van der Waals surface area contributed by atoms with Gasteiger partial charge in [-0.15, -0.1) is 22.6 Å². The van der Waals surface area contributed by atoms with Crippen molar-refractivity contribution in [1.29, 1.82) is 0 Å². The first-order valence-corrected chi connectivity index (χ1v) is 9.53. The molecule has 1 atom stereocenters. The van der Waals surface area contributed by atoms with Crippen molar-refractivity contribution >= 4 is 18.3 Å². The third-order valence-corrected chi connectivity index (χ3v) is 6.39. The number of aromatic nitrogens is 3. The number of hydrogen-bond donors (Lipinski definition) is 2. The van der Waals surface area contributed by atoms with Crippen LogP contribution < -0.4 is 10.6 Å². The number of amides is 1. The molecule has 27 heavy (non-hydrogen) atoms. The van der Waals surface area contributed by atoms with E-state index in [1.807, 2.05) is 10.6 Å². The number of rotatable bonds is 6. The summed E-state index contributed by atoms with van der Waals surface area (Å²) in [5.74, 6) is 0.981. The minimum absolute atomic E-state index is 0. The van der Waals surface area contributed by atoms with Gasteiger partial charge >= 0.3 is 0 Å². The molecule has 1 aliphatic heterocycles. The van der Waals surface area contributed by atoms with Gasteiger partial charge in [-0.1, -0.05) is 37.3 Å². The van der Waals surface area contributed by atoms with Gasteiger partial charge in [-0.05, 0) is 49.8 Å². The zero-order valence-electron chi connectivity index (χ0n) is 15.8. The van der Waals surface area contributed by atoms with Crippen molar-refractivity contribution in [2.75, 3.05) is 13.1 Å². The summed E-state index contributed by atoms with van der Waals surface area (Å²) in [6, 6.07) is 10.4. The second-order valence-electron chi connectivity index (χ2n) is 7.90. The van der Waals surface area contributed by atoms with Crippen LogP contribution in [0.2, 0.25) is 0 Å². The van der Waals surface area contributed by atoms with E-state index in [0.29, 0.717) is 6.54 Å². The van der Waals surface area contributed by atoms with Gasteiger partial charge in [0, 0.05) is 6.54 Å². The quantitative estimate of drug-likeness (QED) is 0.795. The number of nitrogens with zero attached hydrogens (tertiary/aromatic N) is 3. The van der Waals surface area contributed by atoms with Crippen LogP contribution in [-0.4, -0.2) is 33.8 Å². The fourth-order valence-corrected chi connectivity index (χ4v) is 4.44. The average Bonchev–Trinajstić information content (AvgIpc) is 3.03. The van der Waals surface area contributed by atoms with Crippen molar-refractivity contribution in [3.05, 3.63) is 48.0 Å². The summed E-state index contributed by atoms with van der Waals surface area (Å²) in [4.78, 5) is 12.8. The Morgan fingerprint density at radius 1 is 1.26 bits per heavy atom. The van der Waals surface area contributed by atoms with Gasteiger partial charge in [-0.25, -0.2) is 0 Å². The van der Waals surface area contributed by atoms with Gasteiger partial charge in [-0.3, -0.25) is 4.79 Å². The Balaban J connectivity index is 0.00000210. The van der Waals surface area contributed by atoms with E-state index in [4.69, 9.17) is 0 Å². The number of hydrogen-bond acceptors (Lipinski definition) is 4. The smallest absolute Gasteiger partial charge is 0.226 e. The van der Waals surface area contributed by atoms with Crippen LogP contribution in [0.3, 0.4) is 0 Å². The Labute approximate surface area is 166 Å². The van der Waals surface area contributed by atoms with E-state index in [9.17, 15) is 4.79 Å². The molecule has 1 aliphatic carbocycles. The molecule has 6 nitrogen and oxygen atoms in total. The molecule has 2 fully saturated rings. The number of halogens is 1. The third kappa shape index (κ3) is 3.87. The van der Waals surface area contributed by atoms with E-state index >= 15 is 0 Å². The second kappa shape index (κ2) is 7.98. The molecule has 2 heterocycles. The van der Waals surface area contributed by atoms with Gasteiger partial charge in [0.1, 0.15) is 6.33 Å². The van der Waals surface area contributed by atoms with E-state index in [1.165, 1.54) is 5.56 Å². The van der Waals surface area contributed by atoms with Crippen molar-refractivity contribution in [3.63, 3.8) is 0 Å². The lowest BCUT2D eigenvalue weighted by Crippen LogP contribution is -2.38. The Morgan fingerprint density at radius 3 is 2.74 bits per heavy atom. The normalized spacial score (nSPS) is 22.9. The van der Waals surface area contributed by atoms with E-state index in [2.05, 4.69) is 52.0 Å². The zero-order chi connectivity index (χ0) is 18.0. The summed E-state index contributed by atoms with van der Waals surface area (Å²) < 4.78 is 2.03. The molecule has 4 rings (SSSR count). The van der Waals surface area contributed by atoms with Gasteiger partial charge in [0.2, 0.25) is 5.91 Å². The summed E-state index contributed by atoms with van der Waals surface area (Å²) in [6.07, 6.45) is 5.88. The summed E-state index contributed by atoms with van der Waals surface area (Å²) >= 11 is 0. The maximum atomic E-state index is 12.8. The molecule has 1 amide bonds. The van der Waals surface area contributed by atoms with Crippen LogP contribution in [0.5, 0.6) is 0 Å². The monoisotopic (exact) mass is 389 g/mol. The number of piperidine rings is 1. The number of carbonyl (C=O) groups excluding carboxylic acids is 1. The fourth-order valence-electron chi connectivity index (χ4n) is 4.44. The largest absolute Gasteiger partial charge is 0.348 e. The molecule has 0 radical (unpaired) electrons. The second-order valence-corrected chi connectivity index (χ2v) is 7.90. The Bertz CT molecular complexity index is 772. The molecule has 7 heteroatoms. The topological polar surface area (TPSA) is 71.8 Å². The summed E-state index contributed by atoms with van der Waals surface area (Å²) in [5.41, 5.74) is 1.28. The molecule has 2 aromatic rings. The zero-order valence-corrected chi connectivity index (χ0v) is 16.6. The van der Waals surface area contributed by atoms with Gasteiger partial charge < -0.3 is 15.2 Å². The van der Waals surface area contributed by atoms with Crippen molar-refractivity contribution < 1.29 is 4.79 Å². The molecule has 146 valence electrons. The first kappa shape index (κ1) is 19.8. The predicted octanol–water partition coefficient (Wildman–Crippen LogP) is 2.34. The minimum atomic E-state index is -0.218. The average molecular weight is 390 g/mol. The molecular formula is C20H28ClN5O. The molecule has 1 saturated carbocycles. The lowest BCUT2D eigenvalue weighted by atomic mass is 9.85. The molecule has 1 aromatic carbocycles. The standard InChI is InChI=1S/C20H27N5O.ClH/c1-19(14-20(19)8-10-21-11-9-20)18(26)22-13-17-24-23-15-25(17)12-7-16-5-3-2-4-6-16;/h2-6,15,21H,7-14H2,1H3,(H,22,26);1H. The van der Waals surface area contributed by atoms with Crippen molar-refractivity contribution in [2.45, 2.75) is 45.7 Å². The van der Waals surface area contributed by atoms with E-state index in [-0.39, 0.29) is 29.1 Å². The van der Waals surface area contributed by atoms with Crippen LogP contribution >= 0.6 is 12.4 Å². The minimum Gasteiger partial charge on any atom is -0.348 e. The fraction of sp³-hybridized carbons (Fsp3) is 0.550. The number of benzene rings is 1. The van der Waals surface area contributed by atoms with Crippen LogP contribution in [0.1, 0.15) is 37.6 Å². The van der Waals surface area contributed by atoms with Gasteiger partial charge in [0.25, 0.3) is 0 Å². The van der Waals surface area contributed by atoms with Crippen LogP contribution in [0.4, 0.5) is 0 Å². The predicted molar refractivity (Wildman–Crippen MR) is 107 cm³/mol. The highest BCUT2D eigenvalue weighted by Crippen LogP contribution is 2.68. The highest BCUT2D eigenvalue weighted by atomic mass is 35.5. The maximum Gasteiger partial charge on any atom is 0.226 e. The SMILES string of the molecule is CC1(C(=O)NCc2nncn2CCc2ccccc2)CC12CCNCC2.Cl. The number of nitrogens with one attached hydrogen (secondary N) is 2. The van der Waals surface area contributed by atoms with Crippen molar-refractivity contribution in [1.82, 2.24) is 25.4 Å². The first-order chi connectivity index (χ1) is 12.6. The summed E-state index contributed by atoms with van der Waals surface area (Å²) in [5, 5.41) is 14.7. The van der Waals surface area contributed by atoms with Crippen LogP contribution in [0.25, 0.3) is 0 Å². The number of aryl methyl sites for hydroxylation is 2. The first-order valence-electron chi connectivity index (χ1n) is 9.53. The van der Waals surface area contributed by atoms with Crippen molar-refractivity contribution in [2.24, 2.45) is 10.8 Å². The molecule has 1 saturated heterocycles. The van der Waals surface area contributed by atoms with E-state index < -0.39 is 0 Å². The lowest BCUT2D eigenvalue weighted by molar-refractivity contribution is -0.127. The lowest BCUT2D eigenvalue weighted by Gasteiger charge is -2.27. The molecule has 1 aromatic heterocycles. The van der Waals surface area contributed by atoms with E-state index in [1.54, 1.807) is 6.33 Å². The molecule has 1 spiro atoms. The summed E-state index contributed by atoms with van der Waals surface area (Å²) in [7, 11) is 0. The maximum absolute atomic E-state index is 12.8. The van der Waals surface area contributed by atoms with E-state index in [0.717, 1.165) is 51.1 Å². The Kier molecular flexibility index (Phi) is 5.86. The molecule has 2 aliphatic rings. The molecule has 1 unspecified atom stereocenters. The van der Waals surface area contributed by atoms with Gasteiger partial charge in [0.15, 0.2) is 5.82 Å². The van der Waals surface area contributed by atoms with Crippen molar-refractivity contribution in [3.8, 4) is 0 Å². The molecule has 0 bridgehead atoms. The van der Waals surface area contributed by atoms with Crippen LogP contribution in [0, 0.1) is 10.8 Å². The Hall–Kier alpha value is -1.92. The number of carbonyl (C=O) groups is 1. The third-order valence-electron chi connectivity index (χ3n) is 6.39.